The number of H-pyrrole nitrogens is 1. The molecule has 4 heteroatoms. The fourth-order valence-electron chi connectivity index (χ4n) is 11.7. The second-order valence-corrected chi connectivity index (χ2v) is 18.4. The van der Waals surface area contributed by atoms with E-state index in [9.17, 15) is 0 Å². The molecule has 0 fully saturated rings. The van der Waals surface area contributed by atoms with Gasteiger partial charge in [0.05, 0.1) is 33.3 Å². The van der Waals surface area contributed by atoms with Crippen molar-refractivity contribution in [1.82, 2.24) is 9.38 Å². The Morgan fingerprint density at radius 2 is 1.20 bits per heavy atom. The molecule has 0 unspecified atom stereocenters. The van der Waals surface area contributed by atoms with E-state index in [0.717, 1.165) is 69.0 Å². The molecule has 13 aromatic rings. The molecule has 9 aromatic carbocycles. The van der Waals surface area contributed by atoms with Crippen molar-refractivity contribution < 1.29 is 4.42 Å². The zero-order valence-corrected chi connectivity index (χ0v) is 38.4. The van der Waals surface area contributed by atoms with Gasteiger partial charge in [0, 0.05) is 71.3 Å². The number of fused-ring (bicyclic) bond motifs is 12. The molecular weight excluding hydrogens is 851 g/mol. The zero-order chi connectivity index (χ0) is 46.5. The van der Waals surface area contributed by atoms with Gasteiger partial charge in [0.25, 0.3) is 0 Å². The van der Waals surface area contributed by atoms with Crippen LogP contribution in [0.2, 0.25) is 0 Å². The molecule has 1 N–H and O–H groups in total. The van der Waals surface area contributed by atoms with Gasteiger partial charge in [-0.15, -0.1) is 0 Å². The van der Waals surface area contributed by atoms with Gasteiger partial charge in [-0.2, -0.15) is 0 Å². The number of nitrogens with one attached hydrogen (secondary N) is 1. The van der Waals surface area contributed by atoms with Crippen LogP contribution in [0.1, 0.15) is 23.3 Å². The van der Waals surface area contributed by atoms with Crippen LogP contribution in [-0.4, -0.2) is 9.38 Å². The topological polar surface area (TPSA) is 36.6 Å². The third kappa shape index (κ3) is 5.83. The molecule has 0 aliphatic heterocycles. The zero-order valence-electron chi connectivity index (χ0n) is 38.4. The Balaban J connectivity index is 0.993. The molecule has 4 heterocycles. The lowest BCUT2D eigenvalue weighted by Gasteiger charge is -2.29. The van der Waals surface area contributed by atoms with Crippen LogP contribution in [0.15, 0.2) is 236 Å². The summed E-state index contributed by atoms with van der Waals surface area (Å²) < 4.78 is 9.20. The minimum atomic E-state index is 0.934. The van der Waals surface area contributed by atoms with E-state index in [4.69, 9.17) is 4.42 Å². The Hall–Kier alpha value is -9.12. The maximum absolute atomic E-state index is 6.63. The highest BCUT2D eigenvalue weighted by Crippen LogP contribution is 2.52. The van der Waals surface area contributed by atoms with Crippen molar-refractivity contribution in [3.63, 3.8) is 0 Å². The smallest absolute Gasteiger partial charge is 0.155 e. The van der Waals surface area contributed by atoms with Crippen LogP contribution in [0.25, 0.3) is 116 Å². The van der Waals surface area contributed by atoms with E-state index in [1.807, 2.05) is 18.2 Å². The average molecular weight is 896 g/mol. The number of rotatable bonds is 9. The summed E-state index contributed by atoms with van der Waals surface area (Å²) in [6, 6.07) is 70.5. The highest BCUT2D eigenvalue weighted by molar-refractivity contribution is 6.36. The molecule has 0 bridgehead atoms. The summed E-state index contributed by atoms with van der Waals surface area (Å²) in [6.45, 7) is 8.24. The Morgan fingerprint density at radius 1 is 0.543 bits per heavy atom. The Kier molecular flexibility index (Phi) is 8.99. The van der Waals surface area contributed by atoms with Crippen LogP contribution in [0.4, 0.5) is 11.4 Å². The maximum atomic E-state index is 6.63. The summed E-state index contributed by atoms with van der Waals surface area (Å²) >= 11 is 0. The summed E-state index contributed by atoms with van der Waals surface area (Å²) in [7, 11) is 0. The van der Waals surface area contributed by atoms with Crippen molar-refractivity contribution in [2.75, 3.05) is 4.90 Å². The highest BCUT2D eigenvalue weighted by Gasteiger charge is 2.30. The van der Waals surface area contributed by atoms with Crippen molar-refractivity contribution in [3.05, 3.63) is 248 Å². The van der Waals surface area contributed by atoms with Crippen molar-refractivity contribution in [3.8, 4) is 33.4 Å². The summed E-state index contributed by atoms with van der Waals surface area (Å²) in [5.41, 5.74) is 20.5. The third-order valence-corrected chi connectivity index (χ3v) is 14.7. The molecule has 0 saturated carbocycles. The number of hydrogen-bond donors (Lipinski definition) is 1. The fourth-order valence-corrected chi connectivity index (χ4v) is 11.7. The largest absolute Gasteiger partial charge is 0.454 e. The first kappa shape index (κ1) is 40.0. The molecule has 1 aliphatic carbocycles. The minimum absolute atomic E-state index is 0.934. The molecule has 4 aromatic heterocycles. The van der Waals surface area contributed by atoms with Gasteiger partial charge < -0.3 is 18.7 Å². The number of allylic oxidation sites excluding steroid dienone is 5. The van der Waals surface area contributed by atoms with Crippen LogP contribution in [0.3, 0.4) is 0 Å². The monoisotopic (exact) mass is 895 g/mol. The average Bonchev–Trinajstić information content (AvgIpc) is 4.19. The number of aromatic amines is 1. The first-order valence-electron chi connectivity index (χ1n) is 24.1. The molecule has 1 aliphatic rings. The number of para-hydroxylation sites is 4. The SMILES string of the molecule is C=C/C=C(\C=C)c1cccc2c1[nH]c1c(-c3ccccc3)c3c4cccc5c6cc(-c7ccc(N(C8=CCCc9c8oc8ccccc98)c8ccccc8)cc7)ccc6n(c3c(-c3ccccc3)c12)c54. The van der Waals surface area contributed by atoms with Crippen molar-refractivity contribution >= 4 is 93.5 Å². The summed E-state index contributed by atoms with van der Waals surface area (Å²) in [4.78, 5) is 6.40. The van der Waals surface area contributed by atoms with Crippen molar-refractivity contribution in [2.45, 2.75) is 12.8 Å². The molecule has 0 spiro atoms. The molecule has 0 radical (unpaired) electrons. The van der Waals surface area contributed by atoms with Crippen molar-refractivity contribution in [1.29, 1.82) is 0 Å². The molecule has 330 valence electrons. The third-order valence-electron chi connectivity index (χ3n) is 14.7. The Bertz CT molecular complexity index is 4300. The van der Waals surface area contributed by atoms with E-state index in [1.165, 1.54) is 87.6 Å². The van der Waals surface area contributed by atoms with Gasteiger partial charge in [-0.25, -0.2) is 0 Å². The van der Waals surface area contributed by atoms with E-state index >= 15 is 0 Å². The number of hydrogen-bond acceptors (Lipinski definition) is 2. The number of furan rings is 1. The molecule has 0 amide bonds. The van der Waals surface area contributed by atoms with Crippen LogP contribution >= 0.6 is 0 Å². The van der Waals surface area contributed by atoms with Crippen LogP contribution in [-0.2, 0) is 6.42 Å². The molecular formula is C66H45N3O. The van der Waals surface area contributed by atoms with Crippen LogP contribution in [0, 0.1) is 0 Å². The van der Waals surface area contributed by atoms with E-state index in [0.29, 0.717) is 0 Å². The van der Waals surface area contributed by atoms with Gasteiger partial charge in [-0.1, -0.05) is 189 Å². The van der Waals surface area contributed by atoms with Crippen LogP contribution in [0.5, 0.6) is 0 Å². The Labute approximate surface area is 405 Å². The lowest BCUT2D eigenvalue weighted by Crippen LogP contribution is -2.17. The molecule has 4 nitrogen and oxygen atoms in total. The van der Waals surface area contributed by atoms with Gasteiger partial charge in [-0.3, -0.25) is 0 Å². The van der Waals surface area contributed by atoms with E-state index in [1.54, 1.807) is 0 Å². The Morgan fingerprint density at radius 3 is 1.97 bits per heavy atom. The van der Waals surface area contributed by atoms with E-state index in [-0.39, 0.29) is 0 Å². The van der Waals surface area contributed by atoms with Crippen LogP contribution < -0.4 is 4.90 Å². The normalized spacial score (nSPS) is 13.0. The summed E-state index contributed by atoms with van der Waals surface area (Å²) in [5, 5.41) is 8.51. The van der Waals surface area contributed by atoms with Crippen molar-refractivity contribution in [2.24, 2.45) is 0 Å². The number of aromatic nitrogens is 2. The molecule has 0 atom stereocenters. The first-order chi connectivity index (χ1) is 34.7. The van der Waals surface area contributed by atoms with Gasteiger partial charge in [0.1, 0.15) is 5.58 Å². The second-order valence-electron chi connectivity index (χ2n) is 18.4. The standard InChI is InChI=1S/C66H45N3O/c1-3-19-41(4-2)48-27-16-30-52-60-59(44-22-10-6-11-23-44)65-61(58(63(60)67-62(48)52)43-20-8-5-9-21-43)53-31-17-28-50-54-40-45(36-39-55(54)69(65)64(50)53)42-34-37-47(38-35-42)68(46-24-12-7-13-25-46)56-32-18-29-51-49-26-14-15-33-57(49)70-66(51)56/h3-17,19-28,30-40,67H,1-2,18,29H2/b41-19+. The first-order valence-corrected chi connectivity index (χ1v) is 24.1. The lowest BCUT2D eigenvalue weighted by atomic mass is 9.89. The molecule has 70 heavy (non-hydrogen) atoms. The van der Waals surface area contributed by atoms with E-state index in [2.05, 4.69) is 228 Å². The molecule has 0 saturated heterocycles. The predicted molar refractivity (Wildman–Crippen MR) is 296 cm³/mol. The number of aryl methyl sites for hydroxylation is 1. The predicted octanol–water partition coefficient (Wildman–Crippen LogP) is 18.1. The summed E-state index contributed by atoms with van der Waals surface area (Å²) in [6.07, 6.45) is 10.0. The fraction of sp³-hybridized carbons (Fsp3) is 0.0303. The summed E-state index contributed by atoms with van der Waals surface area (Å²) in [5.74, 6) is 0.952. The van der Waals surface area contributed by atoms with Gasteiger partial charge in [0.2, 0.25) is 0 Å². The highest BCUT2D eigenvalue weighted by atomic mass is 16.3. The van der Waals surface area contributed by atoms with Gasteiger partial charge in [-0.05, 0) is 83.1 Å². The van der Waals surface area contributed by atoms with Gasteiger partial charge in [0.15, 0.2) is 5.76 Å². The lowest BCUT2D eigenvalue weighted by molar-refractivity contribution is 0.588. The maximum Gasteiger partial charge on any atom is 0.155 e. The molecule has 14 rings (SSSR count). The van der Waals surface area contributed by atoms with E-state index < -0.39 is 0 Å². The number of nitrogens with zero attached hydrogens (tertiary/aromatic N) is 2. The second kappa shape index (κ2) is 15.7. The quantitative estimate of drug-likeness (QED) is 0.147. The van der Waals surface area contributed by atoms with Gasteiger partial charge >= 0.3 is 0 Å². The number of anilines is 2. The minimum Gasteiger partial charge on any atom is -0.454 e. The number of benzene rings is 9.